The van der Waals surface area contributed by atoms with Gasteiger partial charge in [0.05, 0.1) is 26.7 Å². The Hall–Kier alpha value is -2.67. The average Bonchev–Trinajstić information content (AvgIpc) is 3.24. The second kappa shape index (κ2) is 7.17. The van der Waals surface area contributed by atoms with Crippen LogP contribution in [0, 0.1) is 0 Å². The molecule has 3 heterocycles. The van der Waals surface area contributed by atoms with E-state index in [9.17, 15) is 34.8 Å². The number of nitrogens with zero attached hydrogens (tertiary/aromatic N) is 3. The first-order valence-electron chi connectivity index (χ1n) is 9.00. The van der Waals surface area contributed by atoms with Crippen LogP contribution in [0.1, 0.15) is 18.1 Å². The van der Waals surface area contributed by atoms with Gasteiger partial charge in [-0.25, -0.2) is 18.4 Å². The highest BCUT2D eigenvalue weighted by molar-refractivity contribution is 7.92. The highest BCUT2D eigenvalue weighted by atomic mass is 32.2. The number of fused-ring (bicyclic) bond motifs is 2. The lowest BCUT2D eigenvalue weighted by Gasteiger charge is -2.08. The molecule has 0 fully saturated rings. The molecule has 5 nitrogen and oxygen atoms in total. The van der Waals surface area contributed by atoms with Crippen LogP contribution in [0.3, 0.4) is 0 Å². The van der Waals surface area contributed by atoms with Gasteiger partial charge in [0.1, 0.15) is 5.52 Å². The summed E-state index contributed by atoms with van der Waals surface area (Å²) in [5.41, 5.74) is -2.09. The van der Waals surface area contributed by atoms with E-state index in [0.29, 0.717) is 6.20 Å². The van der Waals surface area contributed by atoms with Crippen LogP contribution in [0.25, 0.3) is 32.0 Å². The Balaban J connectivity index is 2.05. The molecule has 32 heavy (non-hydrogen) atoms. The summed E-state index contributed by atoms with van der Waals surface area (Å²) in [6.45, 7) is 1.35. The van der Waals surface area contributed by atoms with Crippen LogP contribution in [0.2, 0.25) is 0 Å². The predicted molar refractivity (Wildman–Crippen MR) is 107 cm³/mol. The van der Waals surface area contributed by atoms with Crippen molar-refractivity contribution in [1.82, 2.24) is 14.5 Å². The molecule has 3 aromatic heterocycles. The van der Waals surface area contributed by atoms with Crippen molar-refractivity contribution in [2.24, 2.45) is 7.05 Å². The summed E-state index contributed by atoms with van der Waals surface area (Å²) in [4.78, 5) is 7.65. The molecule has 0 N–H and O–H groups in total. The molecule has 4 aromatic rings. The van der Waals surface area contributed by atoms with Crippen molar-refractivity contribution in [3.8, 4) is 10.7 Å². The molecular formula is C19H13F6N3O2S2. The van der Waals surface area contributed by atoms with Gasteiger partial charge >= 0.3 is 12.4 Å². The fraction of sp³-hybridized carbons (Fsp3) is 0.263. The van der Waals surface area contributed by atoms with Crippen molar-refractivity contribution in [2.75, 3.05) is 5.75 Å². The van der Waals surface area contributed by atoms with Crippen molar-refractivity contribution in [3.05, 3.63) is 41.6 Å². The van der Waals surface area contributed by atoms with E-state index in [1.54, 1.807) is 0 Å². The Morgan fingerprint density at radius 3 is 2.28 bits per heavy atom. The van der Waals surface area contributed by atoms with Crippen LogP contribution in [0.4, 0.5) is 26.3 Å². The molecule has 0 saturated heterocycles. The first-order valence-corrected chi connectivity index (χ1v) is 11.5. The van der Waals surface area contributed by atoms with E-state index in [4.69, 9.17) is 0 Å². The quantitative estimate of drug-likeness (QED) is 0.345. The third kappa shape index (κ3) is 3.62. The second-order valence-electron chi connectivity index (χ2n) is 6.93. The molecular weight excluding hydrogens is 480 g/mol. The highest BCUT2D eigenvalue weighted by Crippen LogP contribution is 2.44. The van der Waals surface area contributed by atoms with Gasteiger partial charge in [0.2, 0.25) is 0 Å². The Morgan fingerprint density at radius 2 is 1.69 bits per heavy atom. The minimum Gasteiger partial charge on any atom is -0.311 e. The molecule has 0 bridgehead atoms. The lowest BCUT2D eigenvalue weighted by Crippen LogP contribution is -2.07. The van der Waals surface area contributed by atoms with Crippen molar-refractivity contribution in [2.45, 2.75) is 24.2 Å². The zero-order chi connectivity index (χ0) is 23.6. The zero-order valence-corrected chi connectivity index (χ0v) is 18.0. The first-order chi connectivity index (χ1) is 14.7. The van der Waals surface area contributed by atoms with Gasteiger partial charge in [0, 0.05) is 23.3 Å². The summed E-state index contributed by atoms with van der Waals surface area (Å²) in [6.07, 6.45) is -8.70. The highest BCUT2D eigenvalue weighted by Gasteiger charge is 2.34. The number of benzene rings is 1. The van der Waals surface area contributed by atoms with Gasteiger partial charge in [-0.05, 0) is 24.3 Å². The molecule has 170 valence electrons. The maximum atomic E-state index is 13.2. The monoisotopic (exact) mass is 493 g/mol. The molecule has 13 heteroatoms. The normalized spacial score (nSPS) is 13.4. The predicted octanol–water partition coefficient (Wildman–Crippen LogP) is 5.68. The van der Waals surface area contributed by atoms with E-state index in [-0.39, 0.29) is 42.6 Å². The van der Waals surface area contributed by atoms with Gasteiger partial charge in [0.25, 0.3) is 0 Å². The van der Waals surface area contributed by atoms with Crippen LogP contribution in [-0.2, 0) is 29.2 Å². The minimum absolute atomic E-state index is 0.00592. The third-order valence-electron chi connectivity index (χ3n) is 4.90. The molecule has 0 aliphatic carbocycles. The maximum Gasteiger partial charge on any atom is 0.417 e. The van der Waals surface area contributed by atoms with Gasteiger partial charge in [0.15, 0.2) is 21.3 Å². The molecule has 0 saturated carbocycles. The molecule has 0 spiro atoms. The fourth-order valence-electron chi connectivity index (χ4n) is 3.29. The molecule has 1 aromatic carbocycles. The molecule has 0 atom stereocenters. The van der Waals surface area contributed by atoms with Gasteiger partial charge in [-0.15, -0.1) is 11.3 Å². The summed E-state index contributed by atoms with van der Waals surface area (Å²) < 4.78 is 106. The van der Waals surface area contributed by atoms with E-state index in [1.165, 1.54) is 24.6 Å². The van der Waals surface area contributed by atoms with Crippen LogP contribution < -0.4 is 0 Å². The number of sulfone groups is 1. The number of aromatic nitrogens is 3. The van der Waals surface area contributed by atoms with E-state index in [2.05, 4.69) is 9.97 Å². The largest absolute Gasteiger partial charge is 0.417 e. The van der Waals surface area contributed by atoms with Crippen LogP contribution in [0.5, 0.6) is 0 Å². The molecule has 0 unspecified atom stereocenters. The molecule has 4 rings (SSSR count). The van der Waals surface area contributed by atoms with Gasteiger partial charge in [-0.1, -0.05) is 6.92 Å². The minimum atomic E-state index is -4.68. The number of halogens is 6. The fourth-order valence-corrected chi connectivity index (χ4v) is 6.13. The number of hydrogen-bond acceptors (Lipinski definition) is 5. The lowest BCUT2D eigenvalue weighted by atomic mass is 10.1. The van der Waals surface area contributed by atoms with E-state index >= 15 is 0 Å². The summed E-state index contributed by atoms with van der Waals surface area (Å²) in [5, 5.41) is -0.113. The molecule has 0 aliphatic rings. The summed E-state index contributed by atoms with van der Waals surface area (Å²) in [6, 6.07) is 3.57. The van der Waals surface area contributed by atoms with Crippen molar-refractivity contribution in [3.63, 3.8) is 0 Å². The number of thiophene rings is 1. The van der Waals surface area contributed by atoms with Crippen molar-refractivity contribution in [1.29, 1.82) is 0 Å². The molecule has 0 amide bonds. The number of rotatable bonds is 3. The molecule has 0 aliphatic heterocycles. The lowest BCUT2D eigenvalue weighted by molar-refractivity contribution is -0.138. The summed E-state index contributed by atoms with van der Waals surface area (Å²) >= 11 is 0.898. The van der Waals surface area contributed by atoms with Crippen molar-refractivity contribution >= 4 is 42.4 Å². The smallest absolute Gasteiger partial charge is 0.311 e. The Morgan fingerprint density at radius 1 is 1.03 bits per heavy atom. The number of aryl methyl sites for hydroxylation is 1. The number of hydrogen-bond donors (Lipinski definition) is 0. The standard InChI is InChI=1S/C19H13F6N3O2S2/c1-3-32(29,30)15-11-6-9(18(20,21)22)4-5-13(11)31-14(15)17-27-12-7-10(19(23,24)25)8-26-16(12)28(17)2/h4-8H,3H2,1-2H3. The van der Waals surface area contributed by atoms with Gasteiger partial charge in [-0.3, -0.25) is 0 Å². The van der Waals surface area contributed by atoms with E-state index in [0.717, 1.165) is 29.5 Å². The first kappa shape index (κ1) is 22.5. The Labute approximate surface area is 181 Å². The SMILES string of the molecule is CCS(=O)(=O)c1c(-c2nc3cc(C(F)(F)F)cnc3n2C)sc2ccc(C(F)(F)F)cc12. The Bertz CT molecular complexity index is 1470. The average molecular weight is 493 g/mol. The van der Waals surface area contributed by atoms with Crippen LogP contribution in [0.15, 0.2) is 35.4 Å². The third-order valence-corrected chi connectivity index (χ3v) is 8.00. The van der Waals surface area contributed by atoms with Crippen LogP contribution >= 0.6 is 11.3 Å². The van der Waals surface area contributed by atoms with E-state index in [1.807, 2.05) is 0 Å². The van der Waals surface area contributed by atoms with E-state index < -0.39 is 33.3 Å². The van der Waals surface area contributed by atoms with Crippen LogP contribution in [-0.4, -0.2) is 28.7 Å². The second-order valence-corrected chi connectivity index (χ2v) is 10.2. The summed E-state index contributed by atoms with van der Waals surface area (Å²) in [7, 11) is -2.58. The number of pyridine rings is 1. The number of alkyl halides is 6. The van der Waals surface area contributed by atoms with Gasteiger partial charge < -0.3 is 4.57 Å². The zero-order valence-electron chi connectivity index (χ0n) is 16.3. The number of imidazole rings is 1. The topological polar surface area (TPSA) is 64.8 Å². The maximum absolute atomic E-state index is 13.2. The Kier molecular flexibility index (Phi) is 5.05. The molecule has 0 radical (unpaired) electrons. The van der Waals surface area contributed by atoms with Gasteiger partial charge in [-0.2, -0.15) is 26.3 Å². The van der Waals surface area contributed by atoms with Crippen molar-refractivity contribution < 1.29 is 34.8 Å². The summed E-state index contributed by atoms with van der Waals surface area (Å²) in [5.74, 6) is -0.392.